The van der Waals surface area contributed by atoms with E-state index in [1.165, 1.54) is 18.9 Å². The number of anilines is 1. The highest BCUT2D eigenvalue weighted by Gasteiger charge is 2.26. The van der Waals surface area contributed by atoms with E-state index in [1.54, 1.807) is 17.0 Å². The Bertz CT molecular complexity index is 715. The van der Waals surface area contributed by atoms with Gasteiger partial charge in [-0.25, -0.2) is 4.79 Å². The second kappa shape index (κ2) is 6.23. The molecule has 112 valence electrons. The Morgan fingerprint density at radius 1 is 1.23 bits per heavy atom. The van der Waals surface area contributed by atoms with Crippen LogP contribution in [0.5, 0.6) is 0 Å². The molecule has 0 saturated carbocycles. The number of methoxy groups -OCH3 is 1. The van der Waals surface area contributed by atoms with Crippen LogP contribution < -0.4 is 4.90 Å². The molecule has 1 heterocycles. The standard InChI is InChI=1S/C17H15NO3S/c1-21-17(20)13-7-8-15-14(9-13)18(16(19)11-22-15)10-12-5-3-2-4-6-12/h2-9H,10-11H2,1H3. The molecule has 5 heteroatoms. The summed E-state index contributed by atoms with van der Waals surface area (Å²) in [5.41, 5.74) is 2.28. The van der Waals surface area contributed by atoms with Gasteiger partial charge in [-0.2, -0.15) is 0 Å². The maximum Gasteiger partial charge on any atom is 0.337 e. The SMILES string of the molecule is COC(=O)c1ccc2c(c1)N(Cc1ccccc1)C(=O)CS2. The zero-order valence-electron chi connectivity index (χ0n) is 12.1. The van der Waals surface area contributed by atoms with Crippen LogP contribution in [0, 0.1) is 0 Å². The molecule has 0 fully saturated rings. The van der Waals surface area contributed by atoms with Gasteiger partial charge in [0, 0.05) is 4.90 Å². The van der Waals surface area contributed by atoms with Crippen LogP contribution in [0.4, 0.5) is 5.69 Å². The molecule has 1 amide bonds. The molecule has 0 spiro atoms. The Morgan fingerprint density at radius 3 is 2.73 bits per heavy atom. The summed E-state index contributed by atoms with van der Waals surface area (Å²) in [5, 5.41) is 0. The smallest absolute Gasteiger partial charge is 0.337 e. The summed E-state index contributed by atoms with van der Waals surface area (Å²) < 4.78 is 4.76. The number of hydrogen-bond donors (Lipinski definition) is 0. The summed E-state index contributed by atoms with van der Waals surface area (Å²) in [6, 6.07) is 15.1. The van der Waals surface area contributed by atoms with Gasteiger partial charge in [0.25, 0.3) is 0 Å². The number of thioether (sulfide) groups is 1. The average Bonchev–Trinajstić information content (AvgIpc) is 2.57. The van der Waals surface area contributed by atoms with Gasteiger partial charge in [0.1, 0.15) is 0 Å². The zero-order chi connectivity index (χ0) is 15.5. The maximum absolute atomic E-state index is 12.3. The maximum atomic E-state index is 12.3. The first-order valence-corrected chi connectivity index (χ1v) is 7.87. The number of benzene rings is 2. The van der Waals surface area contributed by atoms with Crippen molar-refractivity contribution >= 4 is 29.3 Å². The fraction of sp³-hybridized carbons (Fsp3) is 0.176. The molecule has 22 heavy (non-hydrogen) atoms. The van der Waals surface area contributed by atoms with Crippen molar-refractivity contribution < 1.29 is 14.3 Å². The third kappa shape index (κ3) is 2.85. The molecule has 0 bridgehead atoms. The molecule has 2 aromatic rings. The van der Waals surface area contributed by atoms with Gasteiger partial charge in [0.15, 0.2) is 0 Å². The van der Waals surface area contributed by atoms with Crippen LogP contribution in [0.3, 0.4) is 0 Å². The molecule has 1 aliphatic heterocycles. The van der Waals surface area contributed by atoms with Crippen LogP contribution in [0.25, 0.3) is 0 Å². The number of fused-ring (bicyclic) bond motifs is 1. The lowest BCUT2D eigenvalue weighted by molar-refractivity contribution is -0.116. The topological polar surface area (TPSA) is 46.6 Å². The molecule has 0 saturated heterocycles. The molecule has 2 aromatic carbocycles. The number of esters is 1. The molecule has 0 unspecified atom stereocenters. The summed E-state index contributed by atoms with van der Waals surface area (Å²) >= 11 is 1.50. The second-order valence-electron chi connectivity index (χ2n) is 4.93. The summed E-state index contributed by atoms with van der Waals surface area (Å²) in [7, 11) is 1.35. The monoisotopic (exact) mass is 313 g/mol. The normalized spacial score (nSPS) is 13.7. The number of hydrogen-bond acceptors (Lipinski definition) is 4. The van der Waals surface area contributed by atoms with E-state index in [9.17, 15) is 9.59 Å². The van der Waals surface area contributed by atoms with Gasteiger partial charge in [-0.3, -0.25) is 4.79 Å². The molecular formula is C17H15NO3S. The number of ether oxygens (including phenoxy) is 1. The fourth-order valence-corrected chi connectivity index (χ4v) is 3.30. The molecule has 0 aliphatic carbocycles. The zero-order valence-corrected chi connectivity index (χ0v) is 12.9. The average molecular weight is 313 g/mol. The van der Waals surface area contributed by atoms with Crippen molar-refractivity contribution in [1.82, 2.24) is 0 Å². The molecular weight excluding hydrogens is 298 g/mol. The highest BCUT2D eigenvalue weighted by molar-refractivity contribution is 8.00. The van der Waals surface area contributed by atoms with Crippen molar-refractivity contribution in [2.75, 3.05) is 17.8 Å². The minimum atomic E-state index is -0.398. The quantitative estimate of drug-likeness (QED) is 0.817. The van der Waals surface area contributed by atoms with Crippen LogP contribution in [-0.4, -0.2) is 24.7 Å². The van der Waals surface area contributed by atoms with Crippen molar-refractivity contribution in [1.29, 1.82) is 0 Å². The van der Waals surface area contributed by atoms with Gasteiger partial charge >= 0.3 is 5.97 Å². The predicted molar refractivity (Wildman–Crippen MR) is 86.1 cm³/mol. The number of amides is 1. The third-order valence-electron chi connectivity index (χ3n) is 3.51. The molecule has 0 aromatic heterocycles. The summed E-state index contributed by atoms with van der Waals surface area (Å²) in [6.07, 6.45) is 0. The first-order chi connectivity index (χ1) is 10.7. The van der Waals surface area contributed by atoms with Gasteiger partial charge in [0.05, 0.1) is 30.7 Å². The lowest BCUT2D eigenvalue weighted by Crippen LogP contribution is -2.35. The van der Waals surface area contributed by atoms with Crippen molar-refractivity contribution in [3.63, 3.8) is 0 Å². The fourth-order valence-electron chi connectivity index (χ4n) is 2.39. The highest BCUT2D eigenvalue weighted by Crippen LogP contribution is 2.36. The lowest BCUT2D eigenvalue weighted by atomic mass is 10.1. The molecule has 3 rings (SSSR count). The Hall–Kier alpha value is -2.27. The van der Waals surface area contributed by atoms with Crippen LogP contribution >= 0.6 is 11.8 Å². The van der Waals surface area contributed by atoms with E-state index >= 15 is 0 Å². The van der Waals surface area contributed by atoms with E-state index in [-0.39, 0.29) is 5.91 Å². The second-order valence-corrected chi connectivity index (χ2v) is 5.95. The molecule has 1 aliphatic rings. The van der Waals surface area contributed by atoms with Gasteiger partial charge in [0.2, 0.25) is 5.91 Å². The minimum absolute atomic E-state index is 0.0448. The highest BCUT2D eigenvalue weighted by atomic mass is 32.2. The summed E-state index contributed by atoms with van der Waals surface area (Å²) in [5.74, 6) is 0.0612. The van der Waals surface area contributed by atoms with Crippen molar-refractivity contribution in [3.05, 3.63) is 59.7 Å². The minimum Gasteiger partial charge on any atom is -0.465 e. The molecule has 0 radical (unpaired) electrons. The number of carbonyl (C=O) groups is 2. The van der Waals surface area contributed by atoms with Gasteiger partial charge < -0.3 is 9.64 Å². The number of rotatable bonds is 3. The molecule has 0 atom stereocenters. The Balaban J connectivity index is 1.98. The Kier molecular flexibility index (Phi) is 4.15. The largest absolute Gasteiger partial charge is 0.465 e. The Labute approximate surface area is 133 Å². The predicted octanol–water partition coefficient (Wildman–Crippen LogP) is 3.11. The van der Waals surface area contributed by atoms with Gasteiger partial charge in [-0.05, 0) is 23.8 Å². The van der Waals surface area contributed by atoms with Crippen LogP contribution in [0.2, 0.25) is 0 Å². The third-order valence-corrected chi connectivity index (χ3v) is 4.55. The summed E-state index contributed by atoms with van der Waals surface area (Å²) in [4.78, 5) is 26.7. The van der Waals surface area contributed by atoms with E-state index in [2.05, 4.69) is 0 Å². The molecule has 0 N–H and O–H groups in total. The van der Waals surface area contributed by atoms with Crippen LogP contribution in [0.15, 0.2) is 53.4 Å². The first kappa shape index (κ1) is 14.7. The van der Waals surface area contributed by atoms with Crippen molar-refractivity contribution in [2.45, 2.75) is 11.4 Å². The number of nitrogens with zero attached hydrogens (tertiary/aromatic N) is 1. The van der Waals surface area contributed by atoms with E-state index in [0.717, 1.165) is 16.1 Å². The van der Waals surface area contributed by atoms with Crippen LogP contribution in [0.1, 0.15) is 15.9 Å². The van der Waals surface area contributed by atoms with Crippen LogP contribution in [-0.2, 0) is 16.1 Å². The lowest BCUT2D eigenvalue weighted by Gasteiger charge is -2.29. The Morgan fingerprint density at radius 2 is 2.00 bits per heavy atom. The van der Waals surface area contributed by atoms with E-state index in [4.69, 9.17) is 4.74 Å². The first-order valence-electron chi connectivity index (χ1n) is 6.88. The van der Waals surface area contributed by atoms with E-state index in [0.29, 0.717) is 17.9 Å². The van der Waals surface area contributed by atoms with E-state index in [1.807, 2.05) is 36.4 Å². The molecule has 4 nitrogen and oxygen atoms in total. The van der Waals surface area contributed by atoms with Gasteiger partial charge in [-0.15, -0.1) is 11.8 Å². The summed E-state index contributed by atoms with van der Waals surface area (Å²) in [6.45, 7) is 0.498. The van der Waals surface area contributed by atoms with Crippen molar-refractivity contribution in [3.8, 4) is 0 Å². The van der Waals surface area contributed by atoms with Gasteiger partial charge in [-0.1, -0.05) is 30.3 Å². The number of carbonyl (C=O) groups excluding carboxylic acids is 2. The van der Waals surface area contributed by atoms with Crippen molar-refractivity contribution in [2.24, 2.45) is 0 Å². The van der Waals surface area contributed by atoms with E-state index < -0.39 is 5.97 Å².